The third kappa shape index (κ3) is 1.87. The van der Waals surface area contributed by atoms with Gasteiger partial charge in [-0.15, -0.1) is 0 Å². The highest BCUT2D eigenvalue weighted by atomic mass is 16.3. The number of hydrogen-bond acceptors (Lipinski definition) is 5. The van der Waals surface area contributed by atoms with E-state index in [1.165, 1.54) is 6.07 Å². The number of amidine groups is 1. The van der Waals surface area contributed by atoms with Crippen LogP contribution in [0.3, 0.4) is 0 Å². The molecule has 3 rings (SSSR count). The summed E-state index contributed by atoms with van der Waals surface area (Å²) in [4.78, 5) is 8.74. The zero-order valence-corrected chi connectivity index (χ0v) is 10.4. The fourth-order valence-electron chi connectivity index (χ4n) is 2.25. The number of benzene rings is 1. The second-order valence-corrected chi connectivity index (χ2v) is 4.52. The molecule has 0 radical (unpaired) electrons. The summed E-state index contributed by atoms with van der Waals surface area (Å²) in [5, 5.41) is 19.2. The van der Waals surface area contributed by atoms with Crippen LogP contribution in [0.2, 0.25) is 0 Å². The third-order valence-corrected chi connectivity index (χ3v) is 3.16. The Kier molecular flexibility index (Phi) is 2.38. The Balaban J connectivity index is 2.05. The maximum atomic E-state index is 9.77. The lowest BCUT2D eigenvalue weighted by molar-refractivity contribution is 0.425. The van der Waals surface area contributed by atoms with E-state index in [9.17, 15) is 10.2 Å². The van der Waals surface area contributed by atoms with Crippen LogP contribution in [0.4, 0.5) is 17.1 Å². The number of rotatable bonds is 1. The first-order valence-corrected chi connectivity index (χ1v) is 5.87. The Morgan fingerprint density at radius 2 is 2.11 bits per heavy atom. The van der Waals surface area contributed by atoms with Crippen LogP contribution in [0.25, 0.3) is 0 Å². The summed E-state index contributed by atoms with van der Waals surface area (Å²) in [7, 11) is 0. The molecule has 0 unspecified atom stereocenters. The Morgan fingerprint density at radius 1 is 1.32 bits per heavy atom. The van der Waals surface area contributed by atoms with E-state index in [0.717, 1.165) is 17.1 Å². The van der Waals surface area contributed by atoms with Gasteiger partial charge in [0.25, 0.3) is 0 Å². The number of nitrogens with two attached hydrogens (primary N) is 1. The van der Waals surface area contributed by atoms with Gasteiger partial charge < -0.3 is 20.8 Å². The van der Waals surface area contributed by atoms with Crippen LogP contribution in [-0.4, -0.2) is 21.0 Å². The summed E-state index contributed by atoms with van der Waals surface area (Å²) in [6.45, 7) is 2.39. The molecular weight excluding hydrogens is 244 g/mol. The molecule has 0 aliphatic carbocycles. The zero-order chi connectivity index (χ0) is 13.6. The van der Waals surface area contributed by atoms with Crippen LogP contribution in [0, 0.1) is 0 Å². The second kappa shape index (κ2) is 3.94. The van der Waals surface area contributed by atoms with Crippen LogP contribution in [-0.2, 0) is 6.54 Å². The first kappa shape index (κ1) is 11.5. The highest BCUT2D eigenvalue weighted by molar-refractivity contribution is 6.00. The van der Waals surface area contributed by atoms with Gasteiger partial charge in [-0.1, -0.05) is 0 Å². The molecule has 6 heteroatoms. The van der Waals surface area contributed by atoms with E-state index in [-0.39, 0.29) is 11.8 Å². The Morgan fingerprint density at radius 3 is 2.79 bits per heavy atom. The molecule has 1 aliphatic rings. The number of aliphatic imine (C=N–C) groups is 1. The van der Waals surface area contributed by atoms with Crippen molar-refractivity contribution in [2.75, 3.05) is 10.6 Å². The van der Waals surface area contributed by atoms with E-state index >= 15 is 0 Å². The van der Waals surface area contributed by atoms with Gasteiger partial charge in [-0.3, -0.25) is 4.98 Å². The van der Waals surface area contributed by atoms with E-state index in [2.05, 4.69) is 9.98 Å². The number of aromatic hydroxyl groups is 2. The van der Waals surface area contributed by atoms with Crippen molar-refractivity contribution in [3.63, 3.8) is 0 Å². The van der Waals surface area contributed by atoms with Crippen molar-refractivity contribution in [3.8, 4) is 11.8 Å². The van der Waals surface area contributed by atoms with Gasteiger partial charge in [-0.2, -0.15) is 0 Å². The van der Waals surface area contributed by atoms with Gasteiger partial charge in [-0.25, -0.2) is 4.99 Å². The van der Waals surface area contributed by atoms with Crippen molar-refractivity contribution in [1.82, 2.24) is 4.98 Å². The van der Waals surface area contributed by atoms with Crippen LogP contribution >= 0.6 is 0 Å². The van der Waals surface area contributed by atoms with E-state index < -0.39 is 0 Å². The molecule has 2 heterocycles. The first-order valence-electron chi connectivity index (χ1n) is 5.87. The lowest BCUT2D eigenvalue weighted by atomic mass is 10.1. The van der Waals surface area contributed by atoms with Crippen molar-refractivity contribution < 1.29 is 10.2 Å². The predicted octanol–water partition coefficient (Wildman–Crippen LogP) is 2.08. The molecule has 5 N–H and O–H groups in total. The average molecular weight is 258 g/mol. The van der Waals surface area contributed by atoms with Crippen molar-refractivity contribution in [2.45, 2.75) is 13.5 Å². The molecule has 0 atom stereocenters. The fourth-order valence-corrected chi connectivity index (χ4v) is 2.25. The molecule has 0 amide bonds. The highest BCUT2D eigenvalue weighted by Crippen LogP contribution is 2.36. The second-order valence-electron chi connectivity index (χ2n) is 4.52. The predicted molar refractivity (Wildman–Crippen MR) is 73.9 cm³/mol. The highest BCUT2D eigenvalue weighted by Gasteiger charge is 2.22. The first-order chi connectivity index (χ1) is 9.04. The minimum atomic E-state index is -0.0846. The lowest BCUT2D eigenvalue weighted by Gasteiger charge is -2.28. The number of aromatic nitrogens is 1. The summed E-state index contributed by atoms with van der Waals surface area (Å²) >= 11 is 0. The number of nitrogen functional groups attached to an aromatic ring is 1. The molecule has 0 fully saturated rings. The Bertz CT molecular complexity index is 675. The normalized spacial score (nSPS) is 14.2. The van der Waals surface area contributed by atoms with Crippen LogP contribution in [0.5, 0.6) is 11.8 Å². The minimum absolute atomic E-state index is 0.0839. The van der Waals surface area contributed by atoms with Gasteiger partial charge in [0.1, 0.15) is 11.5 Å². The Hall–Kier alpha value is -2.63. The Labute approximate surface area is 109 Å². The molecule has 0 saturated carbocycles. The molecule has 1 aromatic carbocycles. The standard InChI is InChI=1S/C13H14N4O2/c1-7-15-10-3-2-9(14)4-8(10)6-17(7)11-5-12(18)16-13(11)19/h2-5,16,18-19H,6,14H2,1H3. The number of anilines is 2. The quantitative estimate of drug-likeness (QED) is 0.588. The zero-order valence-electron chi connectivity index (χ0n) is 10.4. The molecule has 98 valence electrons. The van der Waals surface area contributed by atoms with Gasteiger partial charge in [-0.05, 0) is 30.7 Å². The van der Waals surface area contributed by atoms with E-state index in [0.29, 0.717) is 17.9 Å². The lowest BCUT2D eigenvalue weighted by Crippen LogP contribution is -2.30. The molecule has 1 aromatic heterocycles. The number of fused-ring (bicyclic) bond motifs is 1. The van der Waals surface area contributed by atoms with Gasteiger partial charge in [0.15, 0.2) is 5.88 Å². The molecule has 2 aromatic rings. The summed E-state index contributed by atoms with van der Waals surface area (Å²) < 4.78 is 0. The van der Waals surface area contributed by atoms with Crippen molar-refractivity contribution in [3.05, 3.63) is 29.8 Å². The number of aromatic amines is 1. The summed E-state index contributed by atoms with van der Waals surface area (Å²) in [5.41, 5.74) is 8.79. The average Bonchev–Trinajstić information content (AvgIpc) is 2.68. The van der Waals surface area contributed by atoms with Crippen LogP contribution in [0.1, 0.15) is 12.5 Å². The smallest absolute Gasteiger partial charge is 0.215 e. The van der Waals surface area contributed by atoms with E-state index in [4.69, 9.17) is 5.73 Å². The van der Waals surface area contributed by atoms with Gasteiger partial charge in [0, 0.05) is 11.8 Å². The minimum Gasteiger partial charge on any atom is -0.494 e. The monoisotopic (exact) mass is 258 g/mol. The number of nitrogens with one attached hydrogen (secondary N) is 1. The number of H-pyrrole nitrogens is 1. The molecule has 19 heavy (non-hydrogen) atoms. The van der Waals surface area contributed by atoms with Crippen LogP contribution < -0.4 is 10.6 Å². The van der Waals surface area contributed by atoms with Gasteiger partial charge >= 0.3 is 0 Å². The summed E-state index contributed by atoms with van der Waals surface area (Å²) in [5.74, 6) is 0.574. The van der Waals surface area contributed by atoms with E-state index in [1.54, 1.807) is 0 Å². The SMILES string of the molecule is CC1=Nc2ccc(N)cc2CN1c1cc(O)[nH]c1O. The maximum absolute atomic E-state index is 9.77. The van der Waals surface area contributed by atoms with Crippen LogP contribution in [0.15, 0.2) is 29.3 Å². The van der Waals surface area contributed by atoms with Crippen molar-refractivity contribution in [2.24, 2.45) is 4.99 Å². The summed E-state index contributed by atoms with van der Waals surface area (Å²) in [6, 6.07) is 7.01. The fraction of sp³-hybridized carbons (Fsp3) is 0.154. The molecule has 0 bridgehead atoms. The van der Waals surface area contributed by atoms with E-state index in [1.807, 2.05) is 30.0 Å². The molecular formula is C13H14N4O2. The topological polar surface area (TPSA) is 97.9 Å². The largest absolute Gasteiger partial charge is 0.494 e. The van der Waals surface area contributed by atoms with Gasteiger partial charge in [0.2, 0.25) is 5.88 Å². The molecule has 0 spiro atoms. The van der Waals surface area contributed by atoms with Gasteiger partial charge in [0.05, 0.1) is 12.2 Å². The molecule has 1 aliphatic heterocycles. The third-order valence-electron chi connectivity index (χ3n) is 3.16. The number of nitrogens with zero attached hydrogens (tertiary/aromatic N) is 2. The maximum Gasteiger partial charge on any atom is 0.215 e. The number of hydrogen-bond donors (Lipinski definition) is 4. The van der Waals surface area contributed by atoms with Crippen molar-refractivity contribution >= 4 is 22.9 Å². The molecule has 6 nitrogen and oxygen atoms in total. The summed E-state index contributed by atoms with van der Waals surface area (Å²) in [6.07, 6.45) is 0. The van der Waals surface area contributed by atoms with Crippen molar-refractivity contribution in [1.29, 1.82) is 0 Å². The molecule has 0 saturated heterocycles.